The van der Waals surface area contributed by atoms with Crippen LogP contribution in [-0.2, 0) is 16.0 Å². The largest absolute Gasteiger partial charge is 0.497 e. The quantitative estimate of drug-likeness (QED) is 0.353. The van der Waals surface area contributed by atoms with Crippen LogP contribution in [0.4, 0.5) is 24.5 Å². The van der Waals surface area contributed by atoms with Crippen LogP contribution < -0.4 is 30.2 Å². The second-order valence-electron chi connectivity index (χ2n) is 7.66. The maximum atomic E-state index is 12.7. The Hall–Kier alpha value is -3.51. The molecule has 4 N–H and O–H groups in total. The number of carbonyl (C=O) groups is 2. The van der Waals surface area contributed by atoms with E-state index in [1.54, 1.807) is 36.7 Å². The molecule has 0 bridgehead atoms. The van der Waals surface area contributed by atoms with Crippen molar-refractivity contribution >= 4 is 23.2 Å². The molecule has 0 aromatic heterocycles. The summed E-state index contributed by atoms with van der Waals surface area (Å²) in [6.45, 7) is 0.621. The van der Waals surface area contributed by atoms with Gasteiger partial charge in [-0.25, -0.2) is 0 Å². The number of anilines is 2. The molecule has 1 heterocycles. The van der Waals surface area contributed by atoms with Crippen molar-refractivity contribution in [2.75, 3.05) is 44.0 Å². The van der Waals surface area contributed by atoms with E-state index in [1.165, 1.54) is 12.1 Å². The number of aliphatic hydroxyl groups is 1. The number of carbonyl (C=O) groups excluding carboxylic acids is 2. The summed E-state index contributed by atoms with van der Waals surface area (Å²) >= 11 is 0. The number of amides is 2. The highest BCUT2D eigenvalue weighted by atomic mass is 19.4. The molecular weight excluding hydrogens is 471 g/mol. The van der Waals surface area contributed by atoms with Crippen LogP contribution in [0.15, 0.2) is 36.4 Å². The fraction of sp³-hybridized carbons (Fsp3) is 0.391. The Labute approximate surface area is 199 Å². The van der Waals surface area contributed by atoms with E-state index in [2.05, 4.69) is 10.6 Å². The molecule has 190 valence electrons. The van der Waals surface area contributed by atoms with Crippen molar-refractivity contribution in [3.8, 4) is 17.2 Å². The fourth-order valence-corrected chi connectivity index (χ4v) is 3.32. The molecular formula is C23H26F3N3O6. The van der Waals surface area contributed by atoms with Crippen LogP contribution in [0.1, 0.15) is 12.0 Å². The second kappa shape index (κ2) is 11.8. The number of hydrogen-bond acceptors (Lipinski definition) is 7. The molecule has 3 rings (SSSR count). The molecule has 12 heteroatoms. The molecule has 2 aromatic carbocycles. The van der Waals surface area contributed by atoms with Crippen LogP contribution in [0.5, 0.6) is 17.2 Å². The molecule has 0 spiro atoms. The Morgan fingerprint density at radius 3 is 2.51 bits per heavy atom. The summed E-state index contributed by atoms with van der Waals surface area (Å²) in [6, 6.07) is 9.67. The average molecular weight is 497 g/mol. The minimum atomic E-state index is -5.08. The summed E-state index contributed by atoms with van der Waals surface area (Å²) in [5.41, 5.74) is 0.623. The number of hydrogen-bond donors (Lipinski definition) is 4. The van der Waals surface area contributed by atoms with Gasteiger partial charge in [0, 0.05) is 30.8 Å². The normalized spacial score (nSPS) is 13.9. The minimum Gasteiger partial charge on any atom is -0.497 e. The van der Waals surface area contributed by atoms with Gasteiger partial charge in [0.15, 0.2) is 0 Å². The number of halogens is 3. The molecule has 0 fully saturated rings. The van der Waals surface area contributed by atoms with Gasteiger partial charge in [0.25, 0.3) is 0 Å². The topological polar surface area (TPSA) is 118 Å². The minimum absolute atomic E-state index is 0.0259. The molecule has 0 aliphatic carbocycles. The highest BCUT2D eigenvalue weighted by Crippen LogP contribution is 2.38. The van der Waals surface area contributed by atoms with Gasteiger partial charge in [0.2, 0.25) is 5.91 Å². The third-order valence-electron chi connectivity index (χ3n) is 5.05. The van der Waals surface area contributed by atoms with E-state index in [0.29, 0.717) is 35.9 Å². The predicted molar refractivity (Wildman–Crippen MR) is 121 cm³/mol. The van der Waals surface area contributed by atoms with E-state index in [4.69, 9.17) is 14.2 Å². The molecule has 0 saturated heterocycles. The number of rotatable bonds is 11. The first-order chi connectivity index (χ1) is 16.7. The third kappa shape index (κ3) is 7.49. The van der Waals surface area contributed by atoms with Gasteiger partial charge in [-0.2, -0.15) is 13.2 Å². The maximum absolute atomic E-state index is 12.7. The van der Waals surface area contributed by atoms with Gasteiger partial charge >= 0.3 is 12.1 Å². The van der Waals surface area contributed by atoms with Crippen LogP contribution in [0.2, 0.25) is 0 Å². The Morgan fingerprint density at radius 1 is 1.11 bits per heavy atom. The summed E-state index contributed by atoms with van der Waals surface area (Å²) < 4.78 is 54.5. The lowest BCUT2D eigenvalue weighted by Crippen LogP contribution is -2.34. The monoisotopic (exact) mass is 497 g/mol. The average Bonchev–Trinajstić information content (AvgIpc) is 2.82. The zero-order valence-corrected chi connectivity index (χ0v) is 18.9. The van der Waals surface area contributed by atoms with Crippen LogP contribution in [0.25, 0.3) is 0 Å². The molecule has 2 amide bonds. The Kier molecular flexibility index (Phi) is 8.77. The number of fused-ring (bicyclic) bond motifs is 1. The fourth-order valence-electron chi connectivity index (χ4n) is 3.32. The van der Waals surface area contributed by atoms with Crippen molar-refractivity contribution in [3.05, 3.63) is 42.0 Å². The van der Waals surface area contributed by atoms with Crippen LogP contribution in [0.3, 0.4) is 0 Å². The lowest BCUT2D eigenvalue weighted by molar-refractivity contribution is -0.167. The maximum Gasteiger partial charge on any atom is 0.471 e. The van der Waals surface area contributed by atoms with Crippen LogP contribution >= 0.6 is 0 Å². The standard InChI is InChI=1S/C23H26F3N3O6/c1-33-15-2-4-16(5-3-15)34-11-10-27-12-14(30)13-35-21-17-6-9-20(31)28-18(17)7-8-19(21)29-22(32)23(24,25)26/h2-5,7-8,14,27,30H,6,9-13H2,1H3,(H,28,31)(H,29,32). The van der Waals surface area contributed by atoms with E-state index in [0.717, 1.165) is 0 Å². The summed E-state index contributed by atoms with van der Waals surface area (Å²) in [6.07, 6.45) is -5.77. The Balaban J connectivity index is 1.53. The van der Waals surface area contributed by atoms with Crippen molar-refractivity contribution in [1.29, 1.82) is 0 Å². The summed E-state index contributed by atoms with van der Waals surface area (Å²) in [5.74, 6) is -1.05. The van der Waals surface area contributed by atoms with Crippen molar-refractivity contribution in [3.63, 3.8) is 0 Å². The smallest absolute Gasteiger partial charge is 0.471 e. The van der Waals surface area contributed by atoms with Crippen molar-refractivity contribution in [2.45, 2.75) is 25.1 Å². The third-order valence-corrected chi connectivity index (χ3v) is 5.05. The molecule has 35 heavy (non-hydrogen) atoms. The number of ether oxygens (including phenoxy) is 3. The molecule has 1 aliphatic rings. The van der Waals surface area contributed by atoms with Crippen molar-refractivity contribution in [1.82, 2.24) is 5.32 Å². The summed E-state index contributed by atoms with van der Waals surface area (Å²) in [4.78, 5) is 23.1. The van der Waals surface area contributed by atoms with Gasteiger partial charge in [-0.15, -0.1) is 0 Å². The lowest BCUT2D eigenvalue weighted by Gasteiger charge is -2.24. The van der Waals surface area contributed by atoms with Gasteiger partial charge < -0.3 is 35.3 Å². The number of methoxy groups -OCH3 is 1. The van der Waals surface area contributed by atoms with E-state index < -0.39 is 18.2 Å². The van der Waals surface area contributed by atoms with Gasteiger partial charge in [0.1, 0.15) is 36.6 Å². The molecule has 0 saturated carbocycles. The zero-order valence-electron chi connectivity index (χ0n) is 18.9. The summed E-state index contributed by atoms with van der Waals surface area (Å²) in [5, 5.41) is 17.7. The van der Waals surface area contributed by atoms with Crippen LogP contribution in [-0.4, -0.2) is 62.6 Å². The highest BCUT2D eigenvalue weighted by molar-refractivity contribution is 5.99. The molecule has 9 nitrogen and oxygen atoms in total. The number of alkyl halides is 3. The van der Waals surface area contributed by atoms with Gasteiger partial charge in [-0.3, -0.25) is 9.59 Å². The van der Waals surface area contributed by atoms with E-state index in [1.807, 2.05) is 0 Å². The van der Waals surface area contributed by atoms with E-state index in [-0.39, 0.29) is 43.3 Å². The van der Waals surface area contributed by atoms with E-state index >= 15 is 0 Å². The molecule has 2 aromatic rings. The predicted octanol–water partition coefficient (Wildman–Crippen LogP) is 2.49. The van der Waals surface area contributed by atoms with Gasteiger partial charge in [-0.05, 0) is 42.8 Å². The molecule has 1 unspecified atom stereocenters. The van der Waals surface area contributed by atoms with Crippen molar-refractivity contribution in [2.24, 2.45) is 0 Å². The highest BCUT2D eigenvalue weighted by Gasteiger charge is 2.39. The molecule has 1 atom stereocenters. The van der Waals surface area contributed by atoms with Gasteiger partial charge in [0.05, 0.1) is 12.8 Å². The number of nitrogens with one attached hydrogen (secondary N) is 3. The summed E-state index contributed by atoms with van der Waals surface area (Å²) in [7, 11) is 1.57. The first-order valence-corrected chi connectivity index (χ1v) is 10.8. The first-order valence-electron chi connectivity index (χ1n) is 10.8. The second-order valence-corrected chi connectivity index (χ2v) is 7.66. The van der Waals surface area contributed by atoms with E-state index in [9.17, 15) is 27.9 Å². The van der Waals surface area contributed by atoms with Gasteiger partial charge in [-0.1, -0.05) is 0 Å². The Bertz CT molecular complexity index is 1030. The molecule has 0 radical (unpaired) electrons. The zero-order chi connectivity index (χ0) is 25.4. The number of aliphatic hydroxyl groups excluding tert-OH is 1. The van der Waals surface area contributed by atoms with Crippen molar-refractivity contribution < 1.29 is 42.1 Å². The SMILES string of the molecule is COc1ccc(OCCNCC(O)COc2c(NC(=O)C(F)(F)F)ccc3c2CCC(=O)N3)cc1. The lowest BCUT2D eigenvalue weighted by atomic mass is 10.0. The first kappa shape index (κ1) is 26.1. The Morgan fingerprint density at radius 2 is 1.83 bits per heavy atom. The molecule has 1 aliphatic heterocycles. The number of benzene rings is 2. The van der Waals surface area contributed by atoms with Crippen LogP contribution in [0, 0.1) is 0 Å².